The van der Waals surface area contributed by atoms with Crippen LogP contribution < -0.4 is 19.5 Å². The highest BCUT2D eigenvalue weighted by Gasteiger charge is 2.20. The fourth-order valence-corrected chi connectivity index (χ4v) is 2.25. The standard InChI is InChI=1S/C16H23NO5/c1-11(10-18)4-3-5-17-16(19)12-8-13(20-2)15-14(9-12)21-6-7-22-15/h8-9,11,18H,3-7,10H2,1-2H3,(H,17,19)/t11-/m1/s1. The molecular formula is C16H23NO5. The second-order valence-electron chi connectivity index (χ2n) is 5.39. The smallest absolute Gasteiger partial charge is 0.251 e. The predicted molar refractivity (Wildman–Crippen MR) is 81.8 cm³/mol. The molecule has 1 aromatic carbocycles. The third-order valence-electron chi connectivity index (χ3n) is 3.56. The summed E-state index contributed by atoms with van der Waals surface area (Å²) in [6, 6.07) is 3.32. The van der Waals surface area contributed by atoms with E-state index in [9.17, 15) is 4.79 Å². The van der Waals surface area contributed by atoms with Crippen LogP contribution in [0.1, 0.15) is 30.1 Å². The first kappa shape index (κ1) is 16.4. The summed E-state index contributed by atoms with van der Waals surface area (Å²) in [6.45, 7) is 3.65. The molecule has 1 aromatic rings. The van der Waals surface area contributed by atoms with E-state index in [2.05, 4.69) is 5.32 Å². The van der Waals surface area contributed by atoms with Crippen molar-refractivity contribution in [3.63, 3.8) is 0 Å². The highest BCUT2D eigenvalue weighted by molar-refractivity contribution is 5.95. The topological polar surface area (TPSA) is 77.0 Å². The number of methoxy groups -OCH3 is 1. The van der Waals surface area contributed by atoms with E-state index in [1.54, 1.807) is 12.1 Å². The van der Waals surface area contributed by atoms with Crippen LogP contribution >= 0.6 is 0 Å². The van der Waals surface area contributed by atoms with Gasteiger partial charge in [0.15, 0.2) is 11.5 Å². The zero-order valence-electron chi connectivity index (χ0n) is 13.1. The molecule has 6 heteroatoms. The van der Waals surface area contributed by atoms with Gasteiger partial charge in [0.25, 0.3) is 5.91 Å². The van der Waals surface area contributed by atoms with E-state index < -0.39 is 0 Å². The molecular weight excluding hydrogens is 286 g/mol. The molecule has 1 heterocycles. The Bertz CT molecular complexity index is 500. The number of carbonyl (C=O) groups is 1. The molecule has 0 unspecified atom stereocenters. The molecule has 1 aliphatic heterocycles. The summed E-state index contributed by atoms with van der Waals surface area (Å²) >= 11 is 0. The SMILES string of the molecule is COc1cc(C(=O)NCCC[C@@H](C)CO)cc2c1OCCO2. The number of amides is 1. The summed E-state index contributed by atoms with van der Waals surface area (Å²) in [4.78, 5) is 12.2. The Kier molecular flexibility index (Phi) is 5.89. The molecule has 1 aliphatic rings. The number of aliphatic hydroxyl groups excluding tert-OH is 1. The van der Waals surface area contributed by atoms with Crippen LogP contribution in [0.4, 0.5) is 0 Å². The number of hydrogen-bond donors (Lipinski definition) is 2. The molecule has 2 N–H and O–H groups in total. The molecule has 0 spiro atoms. The van der Waals surface area contributed by atoms with Gasteiger partial charge >= 0.3 is 0 Å². The third-order valence-corrected chi connectivity index (χ3v) is 3.56. The van der Waals surface area contributed by atoms with E-state index >= 15 is 0 Å². The number of aliphatic hydroxyl groups is 1. The number of rotatable bonds is 7. The van der Waals surface area contributed by atoms with Gasteiger partial charge in [-0.3, -0.25) is 4.79 Å². The van der Waals surface area contributed by atoms with Gasteiger partial charge in [0.05, 0.1) is 7.11 Å². The van der Waals surface area contributed by atoms with Crippen LogP contribution in [0.5, 0.6) is 17.2 Å². The predicted octanol–water partition coefficient (Wildman–Crippen LogP) is 1.60. The fraction of sp³-hybridized carbons (Fsp3) is 0.562. The first-order chi connectivity index (χ1) is 10.7. The first-order valence-corrected chi connectivity index (χ1v) is 7.52. The fourth-order valence-electron chi connectivity index (χ4n) is 2.25. The average molecular weight is 309 g/mol. The zero-order valence-corrected chi connectivity index (χ0v) is 13.1. The van der Waals surface area contributed by atoms with Crippen LogP contribution in [0.2, 0.25) is 0 Å². The van der Waals surface area contributed by atoms with Crippen LogP contribution in [0.3, 0.4) is 0 Å². The number of fused-ring (bicyclic) bond motifs is 1. The largest absolute Gasteiger partial charge is 0.493 e. The van der Waals surface area contributed by atoms with Crippen LogP contribution in [0.15, 0.2) is 12.1 Å². The van der Waals surface area contributed by atoms with Gasteiger partial charge in [-0.1, -0.05) is 6.92 Å². The number of carbonyl (C=O) groups excluding carboxylic acids is 1. The minimum atomic E-state index is -0.174. The van der Waals surface area contributed by atoms with E-state index in [1.165, 1.54) is 7.11 Å². The molecule has 0 aromatic heterocycles. The van der Waals surface area contributed by atoms with Crippen molar-refractivity contribution in [3.05, 3.63) is 17.7 Å². The zero-order chi connectivity index (χ0) is 15.9. The van der Waals surface area contributed by atoms with Crippen molar-refractivity contribution in [1.82, 2.24) is 5.32 Å². The maximum Gasteiger partial charge on any atom is 0.251 e. The third kappa shape index (κ3) is 4.04. The lowest BCUT2D eigenvalue weighted by Gasteiger charge is -2.21. The highest BCUT2D eigenvalue weighted by atomic mass is 16.6. The highest BCUT2D eigenvalue weighted by Crippen LogP contribution is 2.40. The second-order valence-corrected chi connectivity index (χ2v) is 5.39. The number of hydrogen-bond acceptors (Lipinski definition) is 5. The molecule has 0 saturated carbocycles. The maximum atomic E-state index is 12.2. The lowest BCUT2D eigenvalue weighted by atomic mass is 10.1. The van der Waals surface area contributed by atoms with Gasteiger partial charge in [0.2, 0.25) is 5.75 Å². The Labute approximate surface area is 130 Å². The summed E-state index contributed by atoms with van der Waals surface area (Å²) < 4.78 is 16.3. The lowest BCUT2D eigenvalue weighted by molar-refractivity contribution is 0.0950. The van der Waals surface area contributed by atoms with Crippen molar-refractivity contribution >= 4 is 5.91 Å². The van der Waals surface area contributed by atoms with Crippen molar-refractivity contribution < 1.29 is 24.1 Å². The van der Waals surface area contributed by atoms with Gasteiger partial charge in [-0.05, 0) is 30.9 Å². The first-order valence-electron chi connectivity index (χ1n) is 7.52. The molecule has 122 valence electrons. The lowest BCUT2D eigenvalue weighted by Crippen LogP contribution is -2.25. The van der Waals surface area contributed by atoms with Crippen molar-refractivity contribution in [2.45, 2.75) is 19.8 Å². The minimum Gasteiger partial charge on any atom is -0.493 e. The van der Waals surface area contributed by atoms with E-state index in [4.69, 9.17) is 19.3 Å². The molecule has 2 rings (SSSR count). The van der Waals surface area contributed by atoms with Crippen LogP contribution in [-0.2, 0) is 0 Å². The molecule has 0 radical (unpaired) electrons. The Balaban J connectivity index is 1.97. The van der Waals surface area contributed by atoms with Crippen LogP contribution in [0, 0.1) is 5.92 Å². The molecule has 0 aliphatic carbocycles. The van der Waals surface area contributed by atoms with Gasteiger partial charge < -0.3 is 24.6 Å². The average Bonchev–Trinajstić information content (AvgIpc) is 2.57. The van der Waals surface area contributed by atoms with E-state index in [0.717, 1.165) is 12.8 Å². The maximum absolute atomic E-state index is 12.2. The summed E-state index contributed by atoms with van der Waals surface area (Å²) in [6.07, 6.45) is 1.70. The molecule has 0 fully saturated rings. The van der Waals surface area contributed by atoms with E-state index in [1.807, 2.05) is 6.92 Å². The summed E-state index contributed by atoms with van der Waals surface area (Å²) in [5.41, 5.74) is 0.483. The number of nitrogens with one attached hydrogen (secondary N) is 1. The molecule has 22 heavy (non-hydrogen) atoms. The van der Waals surface area contributed by atoms with Crippen molar-refractivity contribution in [1.29, 1.82) is 0 Å². The Morgan fingerprint density at radius 2 is 2.18 bits per heavy atom. The summed E-state index contributed by atoms with van der Waals surface area (Å²) in [5, 5.41) is 11.8. The summed E-state index contributed by atoms with van der Waals surface area (Å²) in [7, 11) is 1.53. The van der Waals surface area contributed by atoms with Gasteiger partial charge in [0.1, 0.15) is 13.2 Å². The molecule has 1 atom stereocenters. The van der Waals surface area contributed by atoms with Gasteiger partial charge in [0, 0.05) is 18.7 Å². The minimum absolute atomic E-state index is 0.174. The van der Waals surface area contributed by atoms with Crippen molar-refractivity contribution in [2.75, 3.05) is 33.5 Å². The van der Waals surface area contributed by atoms with Gasteiger partial charge in [-0.2, -0.15) is 0 Å². The quantitative estimate of drug-likeness (QED) is 0.748. The van der Waals surface area contributed by atoms with Crippen molar-refractivity contribution in [2.24, 2.45) is 5.92 Å². The van der Waals surface area contributed by atoms with Crippen LogP contribution in [-0.4, -0.2) is 44.5 Å². The van der Waals surface area contributed by atoms with E-state index in [-0.39, 0.29) is 18.4 Å². The normalized spacial score (nSPS) is 14.3. The molecule has 0 bridgehead atoms. The van der Waals surface area contributed by atoms with Gasteiger partial charge in [-0.25, -0.2) is 0 Å². The second kappa shape index (κ2) is 7.89. The van der Waals surface area contributed by atoms with Crippen LogP contribution in [0.25, 0.3) is 0 Å². The molecule has 1 amide bonds. The van der Waals surface area contributed by atoms with Gasteiger partial charge in [-0.15, -0.1) is 0 Å². The number of benzene rings is 1. The van der Waals surface area contributed by atoms with Crippen molar-refractivity contribution in [3.8, 4) is 17.2 Å². The number of ether oxygens (including phenoxy) is 3. The Hall–Kier alpha value is -1.95. The molecule has 6 nitrogen and oxygen atoms in total. The Morgan fingerprint density at radius 1 is 1.41 bits per heavy atom. The van der Waals surface area contributed by atoms with E-state index in [0.29, 0.717) is 42.6 Å². The molecule has 0 saturated heterocycles. The summed E-state index contributed by atoms with van der Waals surface area (Å²) in [5.74, 6) is 1.65. The Morgan fingerprint density at radius 3 is 2.91 bits per heavy atom. The monoisotopic (exact) mass is 309 g/mol.